The number of benzene rings is 1. The van der Waals surface area contributed by atoms with Crippen LogP contribution in [-0.4, -0.2) is 17.3 Å². The lowest BCUT2D eigenvalue weighted by atomic mass is 9.86. The minimum absolute atomic E-state index is 0.0351. The van der Waals surface area contributed by atoms with Crippen LogP contribution in [0.4, 0.5) is 0 Å². The van der Waals surface area contributed by atoms with Crippen LogP contribution in [0.3, 0.4) is 0 Å². The van der Waals surface area contributed by atoms with Gasteiger partial charge in [-0.25, -0.2) is 0 Å². The van der Waals surface area contributed by atoms with Crippen molar-refractivity contribution in [3.8, 4) is 0 Å². The summed E-state index contributed by atoms with van der Waals surface area (Å²) in [5.74, 6) is 0.916. The number of ether oxygens (including phenoxy) is 1. The second kappa shape index (κ2) is 5.98. The van der Waals surface area contributed by atoms with Crippen LogP contribution in [0.15, 0.2) is 30.3 Å². The highest BCUT2D eigenvalue weighted by atomic mass is 35.5. The Bertz CT molecular complexity index is 448. The molecule has 1 fully saturated rings. The zero-order chi connectivity index (χ0) is 13.9. The van der Waals surface area contributed by atoms with Crippen molar-refractivity contribution in [1.82, 2.24) is 0 Å². The molecule has 1 unspecified atom stereocenters. The van der Waals surface area contributed by atoms with Gasteiger partial charge < -0.3 is 9.84 Å². The third kappa shape index (κ3) is 4.26. The second-order valence-corrected chi connectivity index (χ2v) is 6.24. The Hall–Kier alpha value is -0.990. The molecule has 104 valence electrons. The smallest absolute Gasteiger partial charge is 0.118 e. The predicted octanol–water partition coefficient (Wildman–Crippen LogP) is 4.83. The maximum atomic E-state index is 10.1. The van der Waals surface area contributed by atoms with Gasteiger partial charge in [0.05, 0.1) is 5.60 Å². The number of hydrogen-bond acceptors (Lipinski definition) is 2. The molecule has 1 atom stereocenters. The lowest BCUT2D eigenvalue weighted by Crippen LogP contribution is -2.33. The highest BCUT2D eigenvalue weighted by Crippen LogP contribution is 2.31. The van der Waals surface area contributed by atoms with Crippen LogP contribution in [0.2, 0.25) is 5.02 Å². The highest BCUT2D eigenvalue weighted by Gasteiger charge is 2.28. The Morgan fingerprint density at radius 1 is 1.42 bits per heavy atom. The first-order valence-electron chi connectivity index (χ1n) is 6.75. The molecule has 1 aromatic carbocycles. The zero-order valence-electron chi connectivity index (χ0n) is 11.5. The third-order valence-corrected chi connectivity index (χ3v) is 3.84. The fourth-order valence-electron chi connectivity index (χ4n) is 2.58. The van der Waals surface area contributed by atoms with Crippen molar-refractivity contribution in [3.63, 3.8) is 0 Å². The van der Waals surface area contributed by atoms with Gasteiger partial charge in [0.1, 0.15) is 5.76 Å². The molecule has 0 amide bonds. The van der Waals surface area contributed by atoms with E-state index in [4.69, 9.17) is 16.3 Å². The van der Waals surface area contributed by atoms with E-state index in [1.54, 1.807) is 12.1 Å². The fourth-order valence-corrected chi connectivity index (χ4v) is 2.70. The monoisotopic (exact) mass is 280 g/mol. The van der Waals surface area contributed by atoms with Crippen molar-refractivity contribution in [2.75, 3.05) is 6.61 Å². The van der Waals surface area contributed by atoms with Gasteiger partial charge in [-0.05, 0) is 69.4 Å². The van der Waals surface area contributed by atoms with Crippen LogP contribution in [0.1, 0.15) is 38.7 Å². The van der Waals surface area contributed by atoms with Gasteiger partial charge in [0, 0.05) is 17.2 Å². The second-order valence-electron chi connectivity index (χ2n) is 5.80. The van der Waals surface area contributed by atoms with Gasteiger partial charge in [-0.15, -0.1) is 0 Å². The normalized spacial score (nSPS) is 23.3. The summed E-state index contributed by atoms with van der Waals surface area (Å²) >= 11 is 5.83. The molecule has 0 aromatic heterocycles. The number of hydrogen-bond donors (Lipinski definition) is 1. The van der Waals surface area contributed by atoms with Gasteiger partial charge >= 0.3 is 0 Å². The maximum Gasteiger partial charge on any atom is 0.118 e. The van der Waals surface area contributed by atoms with Gasteiger partial charge in [0.2, 0.25) is 0 Å². The van der Waals surface area contributed by atoms with Crippen molar-refractivity contribution in [2.24, 2.45) is 5.92 Å². The fraction of sp³-hybridized carbons (Fsp3) is 0.500. The Morgan fingerprint density at radius 2 is 2.11 bits per heavy atom. The molecule has 0 saturated carbocycles. The number of allylic oxidation sites excluding steroid dienone is 1. The van der Waals surface area contributed by atoms with Gasteiger partial charge in [0.15, 0.2) is 0 Å². The Kier molecular flexibility index (Phi) is 4.54. The van der Waals surface area contributed by atoms with Crippen LogP contribution in [0, 0.1) is 5.92 Å². The summed E-state index contributed by atoms with van der Waals surface area (Å²) < 4.78 is 5.70. The molecule has 1 aromatic rings. The first kappa shape index (κ1) is 14.4. The Labute approximate surface area is 120 Å². The van der Waals surface area contributed by atoms with Crippen LogP contribution >= 0.6 is 11.6 Å². The van der Waals surface area contributed by atoms with Crippen molar-refractivity contribution in [2.45, 2.75) is 38.7 Å². The summed E-state index contributed by atoms with van der Waals surface area (Å²) in [7, 11) is 0. The number of aliphatic hydroxyl groups excluding tert-OH is 1. The molecule has 0 spiro atoms. The van der Waals surface area contributed by atoms with Gasteiger partial charge in [-0.1, -0.05) is 11.6 Å². The van der Waals surface area contributed by atoms with E-state index < -0.39 is 0 Å². The van der Waals surface area contributed by atoms with E-state index in [-0.39, 0.29) is 5.60 Å². The molecule has 19 heavy (non-hydrogen) atoms. The van der Waals surface area contributed by atoms with Gasteiger partial charge in [-0.2, -0.15) is 0 Å². The molecule has 1 saturated heterocycles. The molecule has 2 nitrogen and oxygen atoms in total. The molecular weight excluding hydrogens is 260 g/mol. The predicted molar refractivity (Wildman–Crippen MR) is 79.4 cm³/mol. The summed E-state index contributed by atoms with van der Waals surface area (Å²) in [5.41, 5.74) is 0.780. The first-order valence-corrected chi connectivity index (χ1v) is 7.13. The van der Waals surface area contributed by atoms with E-state index >= 15 is 0 Å². The number of rotatable bonds is 3. The number of halogens is 1. The molecule has 0 radical (unpaired) electrons. The molecule has 0 bridgehead atoms. The van der Waals surface area contributed by atoms with Crippen LogP contribution in [0.5, 0.6) is 0 Å². The maximum absolute atomic E-state index is 10.1. The van der Waals surface area contributed by atoms with E-state index in [1.807, 2.05) is 18.2 Å². The highest BCUT2D eigenvalue weighted by molar-refractivity contribution is 6.30. The van der Waals surface area contributed by atoms with E-state index in [0.29, 0.717) is 16.7 Å². The Balaban J connectivity index is 1.96. The van der Waals surface area contributed by atoms with Crippen LogP contribution in [-0.2, 0) is 4.74 Å². The topological polar surface area (TPSA) is 29.5 Å². The van der Waals surface area contributed by atoms with Crippen molar-refractivity contribution in [1.29, 1.82) is 0 Å². The first-order chi connectivity index (χ1) is 8.96. The zero-order valence-corrected chi connectivity index (χ0v) is 12.3. The van der Waals surface area contributed by atoms with Crippen molar-refractivity contribution < 1.29 is 9.84 Å². The molecule has 1 aliphatic heterocycles. The number of aliphatic hydroxyl groups is 1. The summed E-state index contributed by atoms with van der Waals surface area (Å²) in [6.45, 7) is 5.07. The minimum atomic E-state index is -0.0351. The van der Waals surface area contributed by atoms with Crippen molar-refractivity contribution >= 4 is 17.4 Å². The molecule has 1 aliphatic rings. The van der Waals surface area contributed by atoms with Crippen LogP contribution < -0.4 is 0 Å². The summed E-state index contributed by atoms with van der Waals surface area (Å²) in [5, 5.41) is 10.7. The molecule has 2 rings (SSSR count). The van der Waals surface area contributed by atoms with Gasteiger partial charge in [-0.3, -0.25) is 0 Å². The lowest BCUT2D eigenvalue weighted by molar-refractivity contribution is -0.0717. The van der Waals surface area contributed by atoms with Gasteiger partial charge in [0.25, 0.3) is 0 Å². The van der Waals surface area contributed by atoms with E-state index in [0.717, 1.165) is 31.4 Å². The largest absolute Gasteiger partial charge is 0.508 e. The SMILES string of the molecule is CC1(C)CC(C/C=C(\O)c2ccc(Cl)cc2)CCO1. The molecule has 3 heteroatoms. The summed E-state index contributed by atoms with van der Waals surface area (Å²) in [6, 6.07) is 7.25. The third-order valence-electron chi connectivity index (χ3n) is 3.58. The molecule has 0 aliphatic carbocycles. The standard InChI is InChI=1S/C16H21ClO2/c1-16(2)11-12(9-10-19-16)3-8-15(18)13-4-6-14(17)7-5-13/h4-8,12,18H,3,9-11H2,1-2H3/b15-8-. The van der Waals surface area contributed by atoms with E-state index in [2.05, 4.69) is 13.8 Å². The lowest BCUT2D eigenvalue weighted by Gasteiger charge is -2.35. The molecule has 1 heterocycles. The average Bonchev–Trinajstić information content (AvgIpc) is 2.36. The molecule has 1 N–H and O–H groups in total. The Morgan fingerprint density at radius 3 is 2.74 bits per heavy atom. The van der Waals surface area contributed by atoms with Crippen molar-refractivity contribution in [3.05, 3.63) is 40.9 Å². The van der Waals surface area contributed by atoms with E-state index in [9.17, 15) is 5.11 Å². The minimum Gasteiger partial charge on any atom is -0.508 e. The summed E-state index contributed by atoms with van der Waals surface area (Å²) in [4.78, 5) is 0. The van der Waals surface area contributed by atoms with Crippen LogP contribution in [0.25, 0.3) is 5.76 Å². The summed E-state index contributed by atoms with van der Waals surface area (Å²) in [6.07, 6.45) is 4.90. The van der Waals surface area contributed by atoms with E-state index in [1.165, 1.54) is 0 Å². The average molecular weight is 281 g/mol. The quantitative estimate of drug-likeness (QED) is 0.803. The molecular formula is C16H21ClO2.